The summed E-state index contributed by atoms with van der Waals surface area (Å²) >= 11 is 5.93. The molecular formula is C11H13ClO2. The highest BCUT2D eigenvalue weighted by molar-refractivity contribution is 6.32. The third-order valence-corrected chi connectivity index (χ3v) is 2.09. The molecule has 0 N–H and O–H groups in total. The molecule has 0 aliphatic heterocycles. The normalized spacial score (nSPS) is 9.93. The lowest BCUT2D eigenvalue weighted by Gasteiger charge is -2.07. The van der Waals surface area contributed by atoms with E-state index in [0.717, 1.165) is 5.56 Å². The number of ether oxygens (including phenoxy) is 1. The van der Waals surface area contributed by atoms with E-state index >= 15 is 0 Å². The molecule has 1 aromatic carbocycles. The first-order valence-corrected chi connectivity index (χ1v) is 4.86. The van der Waals surface area contributed by atoms with Gasteiger partial charge in [-0.1, -0.05) is 17.7 Å². The number of hydrogen-bond donors (Lipinski definition) is 0. The van der Waals surface area contributed by atoms with E-state index in [1.807, 2.05) is 25.1 Å². The molecule has 14 heavy (non-hydrogen) atoms. The molecule has 0 heterocycles. The third kappa shape index (κ3) is 3.38. The monoisotopic (exact) mass is 212 g/mol. The van der Waals surface area contributed by atoms with Gasteiger partial charge in [-0.05, 0) is 31.5 Å². The van der Waals surface area contributed by atoms with E-state index < -0.39 is 0 Å². The van der Waals surface area contributed by atoms with Crippen LogP contribution in [0, 0.1) is 6.92 Å². The Morgan fingerprint density at radius 1 is 1.50 bits per heavy atom. The Bertz CT molecular complexity index is 334. The lowest BCUT2D eigenvalue weighted by Crippen LogP contribution is -2.02. The maximum atomic E-state index is 10.7. The second kappa shape index (κ2) is 5.01. The molecule has 0 aliphatic rings. The number of hydrogen-bond acceptors (Lipinski definition) is 2. The molecule has 0 bridgehead atoms. The summed E-state index contributed by atoms with van der Waals surface area (Å²) in [5.41, 5.74) is 1.09. The lowest BCUT2D eigenvalue weighted by molar-refractivity contribution is -0.117. The number of Topliss-reactive ketones (excluding diaryl/α,β-unsaturated/α-hetero) is 1. The number of carbonyl (C=O) groups is 1. The molecule has 76 valence electrons. The lowest BCUT2D eigenvalue weighted by atomic mass is 10.2. The fourth-order valence-electron chi connectivity index (χ4n) is 1.03. The van der Waals surface area contributed by atoms with Gasteiger partial charge in [-0.15, -0.1) is 0 Å². The van der Waals surface area contributed by atoms with E-state index in [-0.39, 0.29) is 5.78 Å². The van der Waals surface area contributed by atoms with Gasteiger partial charge in [0.2, 0.25) is 0 Å². The summed E-state index contributed by atoms with van der Waals surface area (Å²) in [6.07, 6.45) is 0.421. The summed E-state index contributed by atoms with van der Waals surface area (Å²) in [6, 6.07) is 5.58. The van der Waals surface area contributed by atoms with Gasteiger partial charge in [-0.3, -0.25) is 4.79 Å². The Kier molecular flexibility index (Phi) is 3.96. The quantitative estimate of drug-likeness (QED) is 0.767. The summed E-state index contributed by atoms with van der Waals surface area (Å²) in [7, 11) is 0. The zero-order valence-corrected chi connectivity index (χ0v) is 9.10. The smallest absolute Gasteiger partial charge is 0.137 e. The van der Waals surface area contributed by atoms with Gasteiger partial charge >= 0.3 is 0 Å². The molecule has 3 heteroatoms. The van der Waals surface area contributed by atoms with Crippen LogP contribution < -0.4 is 4.74 Å². The van der Waals surface area contributed by atoms with Gasteiger partial charge in [0.15, 0.2) is 0 Å². The fraction of sp³-hybridized carbons (Fsp3) is 0.364. The molecule has 0 aliphatic carbocycles. The molecule has 0 fully saturated rings. The van der Waals surface area contributed by atoms with E-state index in [0.29, 0.717) is 23.8 Å². The Morgan fingerprint density at radius 3 is 2.79 bits per heavy atom. The molecule has 0 saturated carbocycles. The standard InChI is InChI=1S/C11H13ClO2/c1-8-3-4-11(10(12)7-8)14-6-5-9(2)13/h3-4,7H,5-6H2,1-2H3. The summed E-state index contributed by atoms with van der Waals surface area (Å²) in [6.45, 7) is 3.89. The molecule has 0 spiro atoms. The number of carbonyl (C=O) groups excluding carboxylic acids is 1. The summed E-state index contributed by atoms with van der Waals surface area (Å²) in [4.78, 5) is 10.7. The molecule has 0 aromatic heterocycles. The van der Waals surface area contributed by atoms with E-state index in [1.165, 1.54) is 0 Å². The van der Waals surface area contributed by atoms with Gasteiger partial charge in [0.1, 0.15) is 11.5 Å². The van der Waals surface area contributed by atoms with Crippen molar-refractivity contribution in [2.45, 2.75) is 20.3 Å². The van der Waals surface area contributed by atoms with E-state index in [9.17, 15) is 4.79 Å². The number of rotatable bonds is 4. The van der Waals surface area contributed by atoms with Crippen molar-refractivity contribution >= 4 is 17.4 Å². The predicted molar refractivity (Wildman–Crippen MR) is 57.0 cm³/mol. The maximum absolute atomic E-state index is 10.7. The average molecular weight is 213 g/mol. The molecule has 0 amide bonds. The fourth-order valence-corrected chi connectivity index (χ4v) is 1.32. The molecule has 2 nitrogen and oxygen atoms in total. The first-order valence-electron chi connectivity index (χ1n) is 4.48. The minimum Gasteiger partial charge on any atom is -0.492 e. The zero-order valence-electron chi connectivity index (χ0n) is 8.34. The minimum atomic E-state index is 0.119. The van der Waals surface area contributed by atoms with Crippen LogP contribution in [0.5, 0.6) is 5.75 Å². The predicted octanol–water partition coefficient (Wildman–Crippen LogP) is 3.01. The molecule has 1 rings (SSSR count). The van der Waals surface area contributed by atoms with Gasteiger partial charge in [0.05, 0.1) is 11.6 Å². The number of halogens is 1. The van der Waals surface area contributed by atoms with E-state index in [1.54, 1.807) is 6.92 Å². The van der Waals surface area contributed by atoms with Gasteiger partial charge < -0.3 is 4.74 Å². The Hall–Kier alpha value is -1.02. The van der Waals surface area contributed by atoms with Crippen molar-refractivity contribution in [2.24, 2.45) is 0 Å². The topological polar surface area (TPSA) is 26.3 Å². The van der Waals surface area contributed by atoms with Crippen LogP contribution in [0.3, 0.4) is 0 Å². The molecule has 0 atom stereocenters. The molecule has 1 aromatic rings. The number of aryl methyl sites for hydroxylation is 1. The largest absolute Gasteiger partial charge is 0.492 e. The highest BCUT2D eigenvalue weighted by Gasteiger charge is 2.01. The van der Waals surface area contributed by atoms with Crippen LogP contribution in [-0.2, 0) is 4.79 Å². The van der Waals surface area contributed by atoms with Crippen molar-refractivity contribution < 1.29 is 9.53 Å². The van der Waals surface area contributed by atoms with E-state index in [2.05, 4.69) is 0 Å². The van der Waals surface area contributed by atoms with Crippen molar-refractivity contribution in [3.05, 3.63) is 28.8 Å². The molecular weight excluding hydrogens is 200 g/mol. The Morgan fingerprint density at radius 2 is 2.21 bits per heavy atom. The van der Waals surface area contributed by atoms with Crippen LogP contribution in [0.1, 0.15) is 18.9 Å². The van der Waals surface area contributed by atoms with Crippen molar-refractivity contribution in [3.8, 4) is 5.75 Å². The molecule has 0 radical (unpaired) electrons. The number of ketones is 1. The van der Waals surface area contributed by atoms with Gasteiger partial charge in [0.25, 0.3) is 0 Å². The van der Waals surface area contributed by atoms with E-state index in [4.69, 9.17) is 16.3 Å². The van der Waals surface area contributed by atoms with Crippen LogP contribution in [0.15, 0.2) is 18.2 Å². The molecule has 0 unspecified atom stereocenters. The van der Waals surface area contributed by atoms with Gasteiger partial charge in [0, 0.05) is 6.42 Å². The minimum absolute atomic E-state index is 0.119. The van der Waals surface area contributed by atoms with Crippen molar-refractivity contribution in [1.29, 1.82) is 0 Å². The highest BCUT2D eigenvalue weighted by Crippen LogP contribution is 2.25. The maximum Gasteiger partial charge on any atom is 0.137 e. The average Bonchev–Trinajstić information content (AvgIpc) is 2.08. The second-order valence-electron chi connectivity index (χ2n) is 3.23. The van der Waals surface area contributed by atoms with Gasteiger partial charge in [-0.2, -0.15) is 0 Å². The number of benzene rings is 1. The van der Waals surface area contributed by atoms with Gasteiger partial charge in [-0.25, -0.2) is 0 Å². The van der Waals surface area contributed by atoms with Crippen LogP contribution in [0.4, 0.5) is 0 Å². The summed E-state index contributed by atoms with van der Waals surface area (Å²) in [5.74, 6) is 0.756. The summed E-state index contributed by atoms with van der Waals surface area (Å²) < 4.78 is 5.35. The van der Waals surface area contributed by atoms with Crippen molar-refractivity contribution in [1.82, 2.24) is 0 Å². The third-order valence-electron chi connectivity index (χ3n) is 1.80. The van der Waals surface area contributed by atoms with Crippen LogP contribution in [0.2, 0.25) is 5.02 Å². The SMILES string of the molecule is CC(=O)CCOc1ccc(C)cc1Cl. The zero-order chi connectivity index (χ0) is 10.6. The molecule has 0 saturated heterocycles. The Balaban J connectivity index is 2.55. The highest BCUT2D eigenvalue weighted by atomic mass is 35.5. The first-order chi connectivity index (χ1) is 6.59. The summed E-state index contributed by atoms with van der Waals surface area (Å²) in [5, 5.41) is 0.591. The first kappa shape index (κ1) is 11.1. The van der Waals surface area contributed by atoms with Crippen LogP contribution in [-0.4, -0.2) is 12.4 Å². The van der Waals surface area contributed by atoms with Crippen LogP contribution >= 0.6 is 11.6 Å². The Labute approximate surface area is 88.8 Å². The van der Waals surface area contributed by atoms with Crippen molar-refractivity contribution in [2.75, 3.05) is 6.61 Å². The van der Waals surface area contributed by atoms with Crippen LogP contribution in [0.25, 0.3) is 0 Å². The van der Waals surface area contributed by atoms with Crippen molar-refractivity contribution in [3.63, 3.8) is 0 Å². The second-order valence-corrected chi connectivity index (χ2v) is 3.64.